The first kappa shape index (κ1) is 12.7. The molecule has 0 saturated carbocycles. The normalized spacial score (nSPS) is 11.3. The number of imidazole rings is 1. The van der Waals surface area contributed by atoms with Crippen molar-refractivity contribution in [3.05, 3.63) is 54.0 Å². The van der Waals surface area contributed by atoms with Crippen molar-refractivity contribution in [1.82, 2.24) is 14.5 Å². The molecule has 3 aromatic rings. The lowest BCUT2D eigenvalue weighted by Crippen LogP contribution is -2.07. The Balaban J connectivity index is 2.09. The van der Waals surface area contributed by atoms with E-state index in [2.05, 4.69) is 28.4 Å². The minimum atomic E-state index is 0.284. The van der Waals surface area contributed by atoms with Crippen LogP contribution in [0.1, 0.15) is 31.2 Å². The summed E-state index contributed by atoms with van der Waals surface area (Å²) in [5.41, 5.74) is 2.95. The van der Waals surface area contributed by atoms with Crippen LogP contribution in [0, 0.1) is 0 Å². The summed E-state index contributed by atoms with van der Waals surface area (Å²) in [5, 5.41) is 9.37. The van der Waals surface area contributed by atoms with Crippen LogP contribution in [-0.2, 0) is 6.54 Å². The van der Waals surface area contributed by atoms with E-state index >= 15 is 0 Å². The second kappa shape index (κ2) is 4.96. The first-order valence-corrected chi connectivity index (χ1v) is 6.74. The van der Waals surface area contributed by atoms with Gasteiger partial charge < -0.3 is 9.67 Å². The molecular weight excluding hydrogens is 250 g/mol. The molecule has 0 aliphatic carbocycles. The maximum Gasteiger partial charge on any atom is 0.160 e. The number of nitrogens with zero attached hydrogens (tertiary/aromatic N) is 3. The Kier molecular flexibility index (Phi) is 3.14. The summed E-state index contributed by atoms with van der Waals surface area (Å²) in [4.78, 5) is 9.13. The summed E-state index contributed by atoms with van der Waals surface area (Å²) in [7, 11) is 0. The van der Waals surface area contributed by atoms with E-state index in [9.17, 15) is 5.11 Å². The Morgan fingerprint density at radius 1 is 1.15 bits per heavy atom. The molecule has 2 aromatic heterocycles. The van der Waals surface area contributed by atoms with Gasteiger partial charge in [0, 0.05) is 12.1 Å². The fourth-order valence-corrected chi connectivity index (χ4v) is 2.36. The molecule has 102 valence electrons. The number of fused-ring (bicyclic) bond motifs is 1. The van der Waals surface area contributed by atoms with Crippen molar-refractivity contribution in [2.75, 3.05) is 0 Å². The van der Waals surface area contributed by atoms with Gasteiger partial charge in [-0.1, -0.05) is 26.0 Å². The van der Waals surface area contributed by atoms with Crippen molar-refractivity contribution in [2.24, 2.45) is 0 Å². The third-order valence-corrected chi connectivity index (χ3v) is 3.33. The number of aromatic hydroxyl groups is 1. The zero-order chi connectivity index (χ0) is 14.1. The number of aromatic nitrogens is 3. The number of hydrogen-bond donors (Lipinski definition) is 1. The van der Waals surface area contributed by atoms with Crippen molar-refractivity contribution >= 4 is 11.2 Å². The molecule has 0 unspecified atom stereocenters. The van der Waals surface area contributed by atoms with Crippen molar-refractivity contribution < 1.29 is 5.11 Å². The maximum absolute atomic E-state index is 9.37. The summed E-state index contributed by atoms with van der Waals surface area (Å²) in [5.74, 6) is 1.65. The van der Waals surface area contributed by atoms with Crippen LogP contribution >= 0.6 is 0 Å². The largest absolute Gasteiger partial charge is 0.508 e. The first-order chi connectivity index (χ1) is 9.65. The topological polar surface area (TPSA) is 50.9 Å². The van der Waals surface area contributed by atoms with Crippen LogP contribution in [0.2, 0.25) is 0 Å². The minimum absolute atomic E-state index is 0.284. The van der Waals surface area contributed by atoms with Gasteiger partial charge in [0.05, 0.1) is 6.54 Å². The molecule has 0 fully saturated rings. The zero-order valence-corrected chi connectivity index (χ0v) is 11.6. The van der Waals surface area contributed by atoms with Gasteiger partial charge in [0.2, 0.25) is 0 Å². The van der Waals surface area contributed by atoms with E-state index in [1.54, 1.807) is 18.3 Å². The first-order valence-electron chi connectivity index (χ1n) is 6.74. The van der Waals surface area contributed by atoms with Gasteiger partial charge in [-0.15, -0.1) is 0 Å². The lowest BCUT2D eigenvalue weighted by Gasteiger charge is -2.11. The summed E-state index contributed by atoms with van der Waals surface area (Å²) < 4.78 is 2.15. The quantitative estimate of drug-likeness (QED) is 0.792. The van der Waals surface area contributed by atoms with Crippen LogP contribution in [0.25, 0.3) is 11.2 Å². The molecule has 0 saturated heterocycles. The number of rotatable bonds is 3. The second-order valence-corrected chi connectivity index (χ2v) is 5.22. The number of phenolic OH excluding ortho intramolecular Hbond substituents is 1. The average molecular weight is 267 g/mol. The highest BCUT2D eigenvalue weighted by Gasteiger charge is 2.14. The highest BCUT2D eigenvalue weighted by molar-refractivity contribution is 5.71. The highest BCUT2D eigenvalue weighted by atomic mass is 16.3. The van der Waals surface area contributed by atoms with E-state index in [0.717, 1.165) is 22.6 Å². The maximum atomic E-state index is 9.37. The third kappa shape index (κ3) is 2.25. The molecule has 0 aliphatic heterocycles. The van der Waals surface area contributed by atoms with Crippen LogP contribution in [0.4, 0.5) is 0 Å². The van der Waals surface area contributed by atoms with E-state index in [1.165, 1.54) is 0 Å². The molecule has 0 aliphatic rings. The van der Waals surface area contributed by atoms with Gasteiger partial charge in [-0.2, -0.15) is 0 Å². The molecule has 0 spiro atoms. The van der Waals surface area contributed by atoms with E-state index < -0.39 is 0 Å². The van der Waals surface area contributed by atoms with Crippen molar-refractivity contribution in [1.29, 1.82) is 0 Å². The highest BCUT2D eigenvalue weighted by Crippen LogP contribution is 2.22. The zero-order valence-electron chi connectivity index (χ0n) is 11.6. The van der Waals surface area contributed by atoms with Gasteiger partial charge in [0.1, 0.15) is 17.1 Å². The molecule has 1 N–H and O–H groups in total. The Morgan fingerprint density at radius 3 is 2.60 bits per heavy atom. The van der Waals surface area contributed by atoms with Gasteiger partial charge in [0.25, 0.3) is 0 Å². The molecule has 0 atom stereocenters. The summed E-state index contributed by atoms with van der Waals surface area (Å²) in [6.45, 7) is 4.98. The monoisotopic (exact) mass is 267 g/mol. The minimum Gasteiger partial charge on any atom is -0.508 e. The Hall–Kier alpha value is -2.36. The third-order valence-electron chi connectivity index (χ3n) is 3.33. The lowest BCUT2D eigenvalue weighted by atomic mass is 10.2. The van der Waals surface area contributed by atoms with Crippen molar-refractivity contribution in [3.63, 3.8) is 0 Å². The fourth-order valence-electron chi connectivity index (χ4n) is 2.36. The Labute approximate surface area is 117 Å². The molecule has 1 aromatic carbocycles. The Morgan fingerprint density at radius 2 is 1.90 bits per heavy atom. The van der Waals surface area contributed by atoms with Gasteiger partial charge in [0.15, 0.2) is 5.65 Å². The molecule has 20 heavy (non-hydrogen) atoms. The summed E-state index contributed by atoms with van der Waals surface area (Å²) in [6.07, 6.45) is 1.79. The molecular formula is C16H17N3O. The molecule has 0 radical (unpaired) electrons. The van der Waals surface area contributed by atoms with Crippen molar-refractivity contribution in [2.45, 2.75) is 26.3 Å². The van der Waals surface area contributed by atoms with Crippen molar-refractivity contribution in [3.8, 4) is 5.75 Å². The van der Waals surface area contributed by atoms with Crippen LogP contribution < -0.4 is 0 Å². The number of pyridine rings is 1. The van der Waals surface area contributed by atoms with E-state index in [-0.39, 0.29) is 5.75 Å². The SMILES string of the molecule is CC(C)c1nc2cccnc2n1Cc1ccc(O)cc1. The van der Waals surface area contributed by atoms with E-state index in [4.69, 9.17) is 0 Å². The summed E-state index contributed by atoms with van der Waals surface area (Å²) >= 11 is 0. The number of benzene rings is 1. The van der Waals surface area contributed by atoms with Crippen LogP contribution in [0.5, 0.6) is 5.75 Å². The average Bonchev–Trinajstić information content (AvgIpc) is 2.81. The molecule has 2 heterocycles. The van der Waals surface area contributed by atoms with Gasteiger partial charge in [-0.25, -0.2) is 9.97 Å². The lowest BCUT2D eigenvalue weighted by molar-refractivity contribution is 0.475. The summed E-state index contributed by atoms with van der Waals surface area (Å²) in [6, 6.07) is 11.2. The van der Waals surface area contributed by atoms with Crippen LogP contribution in [-0.4, -0.2) is 19.6 Å². The smallest absolute Gasteiger partial charge is 0.160 e. The van der Waals surface area contributed by atoms with Crippen LogP contribution in [0.3, 0.4) is 0 Å². The van der Waals surface area contributed by atoms with Gasteiger partial charge >= 0.3 is 0 Å². The van der Waals surface area contributed by atoms with Crippen LogP contribution in [0.15, 0.2) is 42.6 Å². The molecule has 4 heteroatoms. The molecule has 3 rings (SSSR count). The molecule has 0 bridgehead atoms. The molecule has 0 amide bonds. The fraction of sp³-hybridized carbons (Fsp3) is 0.250. The number of hydrogen-bond acceptors (Lipinski definition) is 3. The predicted octanol–water partition coefficient (Wildman–Crippen LogP) is 3.31. The standard InChI is InChI=1S/C16H17N3O/c1-11(2)15-18-14-4-3-9-17-16(14)19(15)10-12-5-7-13(20)8-6-12/h3-9,11,20H,10H2,1-2H3. The second-order valence-electron chi connectivity index (χ2n) is 5.22. The van der Waals surface area contributed by atoms with Gasteiger partial charge in [-0.05, 0) is 29.8 Å². The predicted molar refractivity (Wildman–Crippen MR) is 78.8 cm³/mol. The van der Waals surface area contributed by atoms with Gasteiger partial charge in [-0.3, -0.25) is 0 Å². The van der Waals surface area contributed by atoms with E-state index in [1.807, 2.05) is 24.3 Å². The molecule has 4 nitrogen and oxygen atoms in total. The van der Waals surface area contributed by atoms with E-state index in [0.29, 0.717) is 12.5 Å². The number of phenols is 1. The Bertz CT molecular complexity index is 729.